The zero-order valence-electron chi connectivity index (χ0n) is 8.19. The molecule has 0 saturated heterocycles. The van der Waals surface area contributed by atoms with Gasteiger partial charge in [0, 0.05) is 13.8 Å². The van der Waals surface area contributed by atoms with Gasteiger partial charge in [-0.3, -0.25) is 0 Å². The van der Waals surface area contributed by atoms with Crippen molar-refractivity contribution in [1.82, 2.24) is 0 Å². The zero-order chi connectivity index (χ0) is 10.6. The van der Waals surface area contributed by atoms with Crippen LogP contribution in [0.2, 0.25) is 0 Å². The summed E-state index contributed by atoms with van der Waals surface area (Å²) >= 11 is 0. The molecule has 0 aliphatic carbocycles. The van der Waals surface area contributed by atoms with Gasteiger partial charge in [-0.05, 0) is 12.1 Å². The van der Waals surface area contributed by atoms with Crippen LogP contribution in [0.25, 0.3) is 0 Å². The number of carbonyl (C=O) groups is 1. The summed E-state index contributed by atoms with van der Waals surface area (Å²) in [7, 11) is 0. The second-order valence-corrected chi connectivity index (χ2v) is 3.24. The Morgan fingerprint density at radius 3 is 2.36 bits per heavy atom. The summed E-state index contributed by atoms with van der Waals surface area (Å²) in [5.74, 6) is -0.425. The molecule has 0 aliphatic rings. The molecule has 0 heterocycles. The molecule has 0 spiro atoms. The fraction of sp³-hybridized carbons (Fsp3) is 0.300. The number of carbonyl (C=O) groups excluding carboxylic acids is 1. The van der Waals surface area contributed by atoms with Gasteiger partial charge >= 0.3 is 6.09 Å². The molecule has 0 radical (unpaired) electrons. The quantitative estimate of drug-likeness (QED) is 0.749. The van der Waals surface area contributed by atoms with Gasteiger partial charge in [0.1, 0.15) is 5.75 Å². The molecule has 1 aromatic carbocycles. The van der Waals surface area contributed by atoms with Gasteiger partial charge in [-0.2, -0.15) is 0 Å². The van der Waals surface area contributed by atoms with Crippen molar-refractivity contribution in [1.29, 1.82) is 0 Å². The lowest BCUT2D eigenvalue weighted by Gasteiger charge is -2.24. The molecular formula is C10H13NO3. The molecule has 1 rings (SSSR count). The van der Waals surface area contributed by atoms with Gasteiger partial charge in [-0.1, -0.05) is 18.2 Å². The number of ether oxygens (including phenoxy) is 2. The van der Waals surface area contributed by atoms with E-state index >= 15 is 0 Å². The summed E-state index contributed by atoms with van der Waals surface area (Å²) in [5.41, 5.74) is 4.89. The molecule has 0 saturated carbocycles. The molecule has 1 aromatic rings. The first kappa shape index (κ1) is 10.4. The van der Waals surface area contributed by atoms with Gasteiger partial charge < -0.3 is 15.2 Å². The van der Waals surface area contributed by atoms with Crippen molar-refractivity contribution in [3.63, 3.8) is 0 Å². The minimum Gasteiger partial charge on any atom is -0.453 e. The Morgan fingerprint density at radius 1 is 1.29 bits per heavy atom. The van der Waals surface area contributed by atoms with Crippen molar-refractivity contribution in [2.24, 2.45) is 5.73 Å². The summed E-state index contributed by atoms with van der Waals surface area (Å²) in [4.78, 5) is 10.5. The minimum absolute atomic E-state index is 0.624. The van der Waals surface area contributed by atoms with Gasteiger partial charge in [-0.15, -0.1) is 0 Å². The van der Waals surface area contributed by atoms with Crippen molar-refractivity contribution < 1.29 is 14.3 Å². The molecule has 76 valence electrons. The maximum atomic E-state index is 10.5. The summed E-state index contributed by atoms with van der Waals surface area (Å²) in [6.07, 6.45) is -0.856. The van der Waals surface area contributed by atoms with E-state index in [1.807, 2.05) is 18.2 Å². The smallest absolute Gasteiger partial charge is 0.407 e. The summed E-state index contributed by atoms with van der Waals surface area (Å²) in [6.45, 7) is 3.23. The Morgan fingerprint density at radius 2 is 1.86 bits per heavy atom. The standard InChI is InChI=1S/C10H13NO3/c1-10(2,14-9(11)12)13-8-6-4-3-5-7-8/h3-7H,1-2H3,(H2,11,12). The first-order valence-electron chi connectivity index (χ1n) is 4.22. The zero-order valence-corrected chi connectivity index (χ0v) is 8.19. The van der Waals surface area contributed by atoms with Crippen LogP contribution in [-0.2, 0) is 4.74 Å². The Labute approximate surface area is 82.6 Å². The summed E-state index contributed by atoms with van der Waals surface area (Å²) < 4.78 is 10.1. The van der Waals surface area contributed by atoms with E-state index in [9.17, 15) is 4.79 Å². The summed E-state index contributed by atoms with van der Waals surface area (Å²) in [6, 6.07) is 9.07. The number of primary amides is 1. The van der Waals surface area contributed by atoms with Crippen LogP contribution in [0.15, 0.2) is 30.3 Å². The molecule has 4 heteroatoms. The lowest BCUT2D eigenvalue weighted by atomic mass is 10.3. The SMILES string of the molecule is CC(C)(OC(N)=O)Oc1ccccc1. The largest absolute Gasteiger partial charge is 0.453 e. The molecule has 4 nitrogen and oxygen atoms in total. The van der Waals surface area contributed by atoms with E-state index in [1.165, 1.54) is 0 Å². The number of nitrogens with two attached hydrogens (primary N) is 1. The fourth-order valence-corrected chi connectivity index (χ4v) is 1.04. The van der Waals surface area contributed by atoms with E-state index in [0.29, 0.717) is 5.75 Å². The van der Waals surface area contributed by atoms with Crippen molar-refractivity contribution in [3.8, 4) is 5.75 Å². The Kier molecular flexibility index (Phi) is 2.96. The van der Waals surface area contributed by atoms with Gasteiger partial charge in [0.25, 0.3) is 5.79 Å². The van der Waals surface area contributed by atoms with Gasteiger partial charge in [-0.25, -0.2) is 4.79 Å². The molecule has 0 bridgehead atoms. The van der Waals surface area contributed by atoms with Crippen LogP contribution in [0.1, 0.15) is 13.8 Å². The van der Waals surface area contributed by atoms with E-state index in [-0.39, 0.29) is 0 Å². The Balaban J connectivity index is 2.63. The van der Waals surface area contributed by atoms with Crippen LogP contribution in [0, 0.1) is 0 Å². The topological polar surface area (TPSA) is 61.5 Å². The number of benzene rings is 1. The third kappa shape index (κ3) is 3.35. The Bertz CT molecular complexity index is 308. The maximum absolute atomic E-state index is 10.5. The van der Waals surface area contributed by atoms with Gasteiger partial charge in [0.2, 0.25) is 0 Å². The van der Waals surface area contributed by atoms with E-state index < -0.39 is 11.9 Å². The highest BCUT2D eigenvalue weighted by Gasteiger charge is 2.23. The van der Waals surface area contributed by atoms with Gasteiger partial charge in [0.15, 0.2) is 0 Å². The number of hydrogen-bond acceptors (Lipinski definition) is 3. The van der Waals surface area contributed by atoms with E-state index in [1.54, 1.807) is 26.0 Å². The normalized spacial score (nSPS) is 10.7. The first-order chi connectivity index (χ1) is 6.49. The molecule has 14 heavy (non-hydrogen) atoms. The predicted octanol–water partition coefficient (Wildman–Crippen LogP) is 1.90. The van der Waals surface area contributed by atoms with E-state index in [0.717, 1.165) is 0 Å². The predicted molar refractivity (Wildman–Crippen MR) is 51.8 cm³/mol. The van der Waals surface area contributed by atoms with Crippen LogP contribution in [0.5, 0.6) is 5.75 Å². The number of rotatable bonds is 3. The van der Waals surface area contributed by atoms with Crippen molar-refractivity contribution in [3.05, 3.63) is 30.3 Å². The third-order valence-electron chi connectivity index (χ3n) is 1.45. The lowest BCUT2D eigenvalue weighted by molar-refractivity contribution is -0.107. The molecule has 0 unspecified atom stereocenters. The van der Waals surface area contributed by atoms with E-state index in [2.05, 4.69) is 0 Å². The molecular weight excluding hydrogens is 182 g/mol. The second kappa shape index (κ2) is 4.00. The lowest BCUT2D eigenvalue weighted by Crippen LogP contribution is -2.36. The van der Waals surface area contributed by atoms with Crippen molar-refractivity contribution in [2.45, 2.75) is 19.6 Å². The molecule has 1 amide bonds. The fourth-order valence-electron chi connectivity index (χ4n) is 1.04. The second-order valence-electron chi connectivity index (χ2n) is 3.24. The average Bonchev–Trinajstić information content (AvgIpc) is 2.02. The van der Waals surface area contributed by atoms with Crippen LogP contribution in [-0.4, -0.2) is 11.9 Å². The third-order valence-corrected chi connectivity index (χ3v) is 1.45. The molecule has 2 N–H and O–H groups in total. The van der Waals surface area contributed by atoms with Crippen LogP contribution >= 0.6 is 0 Å². The summed E-state index contributed by atoms with van der Waals surface area (Å²) in [5, 5.41) is 0. The van der Waals surface area contributed by atoms with Crippen molar-refractivity contribution >= 4 is 6.09 Å². The van der Waals surface area contributed by atoms with Crippen molar-refractivity contribution in [2.75, 3.05) is 0 Å². The van der Waals surface area contributed by atoms with Crippen LogP contribution < -0.4 is 10.5 Å². The number of para-hydroxylation sites is 1. The molecule has 0 atom stereocenters. The van der Waals surface area contributed by atoms with Crippen LogP contribution in [0.3, 0.4) is 0 Å². The first-order valence-corrected chi connectivity index (χ1v) is 4.22. The minimum atomic E-state index is -1.05. The van der Waals surface area contributed by atoms with Crippen LogP contribution in [0.4, 0.5) is 4.79 Å². The highest BCUT2D eigenvalue weighted by atomic mass is 16.7. The highest BCUT2D eigenvalue weighted by molar-refractivity contribution is 5.65. The van der Waals surface area contributed by atoms with Gasteiger partial charge in [0.05, 0.1) is 0 Å². The number of hydrogen-bond donors (Lipinski definition) is 1. The molecule has 0 aromatic heterocycles. The molecule has 0 fully saturated rings. The molecule has 0 aliphatic heterocycles. The monoisotopic (exact) mass is 195 g/mol. The maximum Gasteiger partial charge on any atom is 0.407 e. The Hall–Kier alpha value is -1.71. The average molecular weight is 195 g/mol. The van der Waals surface area contributed by atoms with E-state index in [4.69, 9.17) is 15.2 Å². The number of amides is 1. The highest BCUT2D eigenvalue weighted by Crippen LogP contribution is 2.18.